The maximum atomic E-state index is 4.06. The lowest BCUT2D eigenvalue weighted by atomic mass is 10.1. The normalized spacial score (nSPS) is 9.67. The highest BCUT2D eigenvalue weighted by molar-refractivity contribution is 5.08. The molecule has 0 aliphatic heterocycles. The summed E-state index contributed by atoms with van der Waals surface area (Å²) in [5.41, 5.74) is 1.33. The third-order valence-corrected chi connectivity index (χ3v) is 1.85. The lowest BCUT2D eigenvalue weighted by Crippen LogP contribution is -1.85. The topological polar surface area (TPSA) is 12.9 Å². The first-order chi connectivity index (χ1) is 5.93. The van der Waals surface area contributed by atoms with Gasteiger partial charge in [0.05, 0.1) is 0 Å². The van der Waals surface area contributed by atoms with E-state index in [9.17, 15) is 0 Å². The maximum absolute atomic E-state index is 4.06. The van der Waals surface area contributed by atoms with Crippen molar-refractivity contribution in [2.45, 2.75) is 25.7 Å². The largest absolute Gasteiger partial charge is 0.264 e. The minimum Gasteiger partial charge on any atom is -0.264 e. The number of hydrogen-bond donors (Lipinski definition) is 0. The Hall–Kier alpha value is -1.11. The van der Waals surface area contributed by atoms with E-state index in [1.165, 1.54) is 18.4 Å². The fraction of sp³-hybridized carbons (Fsp3) is 0.364. The van der Waals surface area contributed by atoms with E-state index < -0.39 is 0 Å². The van der Waals surface area contributed by atoms with Gasteiger partial charge >= 0.3 is 0 Å². The molecule has 0 unspecified atom stereocenters. The van der Waals surface area contributed by atoms with Gasteiger partial charge in [0.15, 0.2) is 0 Å². The Morgan fingerprint density at radius 1 is 1.42 bits per heavy atom. The van der Waals surface area contributed by atoms with Crippen LogP contribution in [-0.4, -0.2) is 4.98 Å². The second kappa shape index (κ2) is 5.53. The molecular weight excluding hydrogens is 146 g/mol. The highest BCUT2D eigenvalue weighted by atomic mass is 14.6. The van der Waals surface area contributed by atoms with E-state index in [1.54, 1.807) is 0 Å². The van der Waals surface area contributed by atoms with Crippen molar-refractivity contribution in [2.24, 2.45) is 0 Å². The zero-order valence-electron chi connectivity index (χ0n) is 7.37. The molecule has 12 heavy (non-hydrogen) atoms. The van der Waals surface area contributed by atoms with Crippen LogP contribution in [0.3, 0.4) is 0 Å². The summed E-state index contributed by atoms with van der Waals surface area (Å²) in [4.78, 5) is 4.06. The lowest BCUT2D eigenvalue weighted by molar-refractivity contribution is 0.746. The molecule has 1 aromatic rings. The molecule has 1 heterocycles. The number of nitrogens with zero attached hydrogens (tertiary/aromatic N) is 1. The fourth-order valence-electron chi connectivity index (χ4n) is 1.16. The van der Waals surface area contributed by atoms with E-state index in [4.69, 9.17) is 0 Å². The van der Waals surface area contributed by atoms with Gasteiger partial charge in [0.25, 0.3) is 0 Å². The average molecular weight is 161 g/mol. The van der Waals surface area contributed by atoms with Crippen molar-refractivity contribution in [1.82, 2.24) is 4.98 Å². The fourth-order valence-corrected chi connectivity index (χ4v) is 1.16. The molecule has 64 valence electrons. The molecule has 0 aromatic carbocycles. The molecule has 1 nitrogen and oxygen atoms in total. The van der Waals surface area contributed by atoms with Crippen LogP contribution in [0.15, 0.2) is 37.2 Å². The quantitative estimate of drug-likeness (QED) is 0.478. The van der Waals surface area contributed by atoms with Gasteiger partial charge in [-0.1, -0.05) is 12.1 Å². The first-order valence-corrected chi connectivity index (χ1v) is 4.43. The summed E-state index contributed by atoms with van der Waals surface area (Å²) in [6.07, 6.45) is 10.5. The van der Waals surface area contributed by atoms with Crippen LogP contribution in [0.1, 0.15) is 24.8 Å². The first kappa shape index (κ1) is 8.98. The molecule has 0 radical (unpaired) electrons. The van der Waals surface area contributed by atoms with Crippen molar-refractivity contribution in [3.63, 3.8) is 0 Å². The van der Waals surface area contributed by atoms with Crippen molar-refractivity contribution in [3.8, 4) is 0 Å². The van der Waals surface area contributed by atoms with Gasteiger partial charge in [-0.15, -0.1) is 6.58 Å². The van der Waals surface area contributed by atoms with Crippen LogP contribution in [0.25, 0.3) is 0 Å². The summed E-state index contributed by atoms with van der Waals surface area (Å²) in [6, 6.07) is 4.11. The average Bonchev–Trinajstić information content (AvgIpc) is 2.14. The Balaban J connectivity index is 2.20. The molecule has 0 atom stereocenters. The minimum atomic E-state index is 1.13. The molecule has 1 rings (SSSR count). The van der Waals surface area contributed by atoms with Crippen LogP contribution in [0.4, 0.5) is 0 Å². The number of hydrogen-bond acceptors (Lipinski definition) is 1. The third-order valence-electron chi connectivity index (χ3n) is 1.85. The van der Waals surface area contributed by atoms with Crippen LogP contribution < -0.4 is 0 Å². The van der Waals surface area contributed by atoms with Crippen molar-refractivity contribution < 1.29 is 0 Å². The molecular formula is C11H15N. The van der Waals surface area contributed by atoms with Gasteiger partial charge in [-0.25, -0.2) is 0 Å². The molecule has 0 saturated carbocycles. The van der Waals surface area contributed by atoms with E-state index >= 15 is 0 Å². The molecule has 0 saturated heterocycles. The summed E-state index contributed by atoms with van der Waals surface area (Å²) in [5.74, 6) is 0. The van der Waals surface area contributed by atoms with Gasteiger partial charge in [0.1, 0.15) is 0 Å². The molecule has 0 amide bonds. The summed E-state index contributed by atoms with van der Waals surface area (Å²) in [5, 5.41) is 0. The van der Waals surface area contributed by atoms with Crippen molar-refractivity contribution in [1.29, 1.82) is 0 Å². The van der Waals surface area contributed by atoms with Crippen LogP contribution in [0.5, 0.6) is 0 Å². The van der Waals surface area contributed by atoms with Gasteiger partial charge in [-0.05, 0) is 37.3 Å². The monoisotopic (exact) mass is 161 g/mol. The summed E-state index contributed by atoms with van der Waals surface area (Å²) in [7, 11) is 0. The highest BCUT2D eigenvalue weighted by Crippen LogP contribution is 2.04. The van der Waals surface area contributed by atoms with E-state index in [1.807, 2.05) is 24.5 Å². The molecule has 0 N–H and O–H groups in total. The Kier molecular flexibility index (Phi) is 4.14. The summed E-state index contributed by atoms with van der Waals surface area (Å²) in [6.45, 7) is 3.69. The van der Waals surface area contributed by atoms with Crippen molar-refractivity contribution in [2.75, 3.05) is 0 Å². The second-order valence-corrected chi connectivity index (χ2v) is 2.90. The second-order valence-electron chi connectivity index (χ2n) is 2.90. The number of aryl methyl sites for hydroxylation is 1. The highest BCUT2D eigenvalue weighted by Gasteiger charge is 1.90. The SMILES string of the molecule is C=CCCCCc1cccnc1. The summed E-state index contributed by atoms with van der Waals surface area (Å²) >= 11 is 0. The Morgan fingerprint density at radius 2 is 2.33 bits per heavy atom. The van der Waals surface area contributed by atoms with Crippen LogP contribution in [-0.2, 0) is 6.42 Å². The number of allylic oxidation sites excluding steroid dienone is 1. The van der Waals surface area contributed by atoms with E-state index in [-0.39, 0.29) is 0 Å². The molecule has 0 aliphatic carbocycles. The first-order valence-electron chi connectivity index (χ1n) is 4.43. The number of aromatic nitrogens is 1. The predicted molar refractivity (Wildman–Crippen MR) is 52.0 cm³/mol. The Labute approximate surface area is 74.2 Å². The molecule has 0 aliphatic rings. The van der Waals surface area contributed by atoms with Crippen LogP contribution >= 0.6 is 0 Å². The summed E-state index contributed by atoms with van der Waals surface area (Å²) < 4.78 is 0. The van der Waals surface area contributed by atoms with Gasteiger partial charge < -0.3 is 0 Å². The van der Waals surface area contributed by atoms with Gasteiger partial charge in [0.2, 0.25) is 0 Å². The van der Waals surface area contributed by atoms with Crippen LogP contribution in [0, 0.1) is 0 Å². The molecule has 0 bridgehead atoms. The molecule has 0 fully saturated rings. The Bertz CT molecular complexity index is 216. The van der Waals surface area contributed by atoms with E-state index in [0.29, 0.717) is 0 Å². The van der Waals surface area contributed by atoms with Crippen molar-refractivity contribution in [3.05, 3.63) is 42.7 Å². The number of rotatable bonds is 5. The maximum Gasteiger partial charge on any atom is 0.0299 e. The Morgan fingerprint density at radius 3 is 3.00 bits per heavy atom. The van der Waals surface area contributed by atoms with Gasteiger partial charge in [-0.3, -0.25) is 4.98 Å². The van der Waals surface area contributed by atoms with E-state index in [0.717, 1.165) is 12.8 Å². The smallest absolute Gasteiger partial charge is 0.0299 e. The molecule has 1 aromatic heterocycles. The lowest BCUT2D eigenvalue weighted by Gasteiger charge is -1.98. The molecule has 0 spiro atoms. The van der Waals surface area contributed by atoms with Gasteiger partial charge in [-0.2, -0.15) is 0 Å². The van der Waals surface area contributed by atoms with Gasteiger partial charge in [0, 0.05) is 12.4 Å². The number of pyridine rings is 1. The van der Waals surface area contributed by atoms with Crippen LogP contribution in [0.2, 0.25) is 0 Å². The third kappa shape index (κ3) is 3.33. The van der Waals surface area contributed by atoms with Crippen molar-refractivity contribution >= 4 is 0 Å². The standard InChI is InChI=1S/C11H15N/c1-2-3-4-5-7-11-8-6-9-12-10-11/h2,6,8-10H,1,3-5,7H2. The molecule has 1 heteroatoms. The van der Waals surface area contributed by atoms with E-state index in [2.05, 4.69) is 17.6 Å². The zero-order chi connectivity index (χ0) is 8.65. The minimum absolute atomic E-state index is 1.13. The zero-order valence-corrected chi connectivity index (χ0v) is 7.37. The number of unbranched alkanes of at least 4 members (excludes halogenated alkanes) is 2. The predicted octanol–water partition coefficient (Wildman–Crippen LogP) is 2.98.